The Hall–Kier alpha value is -10.2. The van der Waals surface area contributed by atoms with E-state index in [-0.39, 0.29) is 6.71 Å². The molecule has 0 saturated carbocycles. The van der Waals surface area contributed by atoms with E-state index in [1.54, 1.807) is 0 Å². The second-order valence-corrected chi connectivity index (χ2v) is 24.7. The molecule has 6 heterocycles. The van der Waals surface area contributed by atoms with Crippen molar-refractivity contribution in [3.8, 4) is 45.5 Å². The van der Waals surface area contributed by atoms with Crippen LogP contribution in [-0.2, 0) is 0 Å². The average Bonchev–Trinajstić information content (AvgIpc) is 1.46. The fourth-order valence-electron chi connectivity index (χ4n) is 16.0. The summed E-state index contributed by atoms with van der Waals surface area (Å²) in [5, 5.41) is 4.79. The Kier molecular flexibility index (Phi) is 10.6. The van der Waals surface area contributed by atoms with Gasteiger partial charge in [-0.25, -0.2) is 9.97 Å². The molecule has 7 nitrogen and oxygen atoms in total. The summed E-state index contributed by atoms with van der Waals surface area (Å²) >= 11 is 0. The van der Waals surface area contributed by atoms with E-state index in [2.05, 4.69) is 287 Å². The highest BCUT2D eigenvalue weighted by Crippen LogP contribution is 2.48. The van der Waals surface area contributed by atoms with Crippen molar-refractivity contribution in [1.29, 1.82) is 0 Å². The molecule has 0 unspecified atom stereocenters. The minimum atomic E-state index is -0.242. The van der Waals surface area contributed by atoms with Crippen molar-refractivity contribution in [2.75, 3.05) is 4.90 Å². The topological polar surface area (TPSA) is 48.7 Å². The normalized spacial score (nSPS) is 12.5. The lowest BCUT2D eigenvalue weighted by Crippen LogP contribution is -2.59. The van der Waals surface area contributed by atoms with E-state index >= 15 is 0 Å². The van der Waals surface area contributed by atoms with Crippen LogP contribution in [0, 0.1) is 69.2 Å². The highest BCUT2D eigenvalue weighted by molar-refractivity contribution is 7.00. The van der Waals surface area contributed by atoms with Gasteiger partial charge < -0.3 is 14.0 Å². The van der Waals surface area contributed by atoms with Gasteiger partial charge in [0.05, 0.1) is 50.2 Å². The third-order valence-electron chi connectivity index (χ3n) is 19.1. The van der Waals surface area contributed by atoms with Crippen LogP contribution in [0.5, 0.6) is 0 Å². The molecule has 0 N–H and O–H groups in total. The van der Waals surface area contributed by atoms with Crippen LogP contribution < -0.4 is 21.3 Å². The van der Waals surface area contributed by atoms with Crippen molar-refractivity contribution in [2.24, 2.45) is 0 Å². The smallest absolute Gasteiger partial charge is 0.252 e. The number of aryl methyl sites for hydroxylation is 10. The van der Waals surface area contributed by atoms with Crippen LogP contribution in [0.1, 0.15) is 55.6 Å². The summed E-state index contributed by atoms with van der Waals surface area (Å²) < 4.78 is 10.2. The van der Waals surface area contributed by atoms with Gasteiger partial charge in [-0.05, 0) is 179 Å². The molecule has 0 radical (unpaired) electrons. The summed E-state index contributed by atoms with van der Waals surface area (Å²) in [4.78, 5) is 14.9. The number of fused-ring (bicyclic) bond motifs is 12. The molecule has 0 saturated heterocycles. The second-order valence-electron chi connectivity index (χ2n) is 24.7. The first kappa shape index (κ1) is 50.3. The number of hydrogen-bond acceptors (Lipinski definition) is 3. The van der Waals surface area contributed by atoms with E-state index < -0.39 is 0 Å². The van der Waals surface area contributed by atoms with Gasteiger partial charge in [0, 0.05) is 55.4 Å². The quantitative estimate of drug-likeness (QED) is 0.149. The first-order valence-electron chi connectivity index (χ1n) is 30.2. The average molecular weight is 1110 g/mol. The molecule has 0 spiro atoms. The number of aromatic nitrogens is 6. The first-order chi connectivity index (χ1) is 41.8. The van der Waals surface area contributed by atoms with Gasteiger partial charge in [-0.15, -0.1) is 0 Å². The summed E-state index contributed by atoms with van der Waals surface area (Å²) in [5.74, 6) is 1.87. The lowest BCUT2D eigenvalue weighted by atomic mass is 9.34. The van der Waals surface area contributed by atoms with E-state index in [1.165, 1.54) is 105 Å². The van der Waals surface area contributed by atoms with Gasteiger partial charge in [0.25, 0.3) is 6.71 Å². The predicted octanol–water partition coefficient (Wildman–Crippen LogP) is 17.6. The van der Waals surface area contributed by atoms with E-state index in [9.17, 15) is 0 Å². The van der Waals surface area contributed by atoms with Crippen LogP contribution in [-0.4, -0.2) is 34.9 Å². The fourth-order valence-corrected chi connectivity index (χ4v) is 16.0. The molecular weight excluding hydrogens is 1050 g/mol. The predicted molar refractivity (Wildman–Crippen MR) is 362 cm³/mol. The highest BCUT2D eigenvalue weighted by Gasteiger charge is 2.45. The molecule has 15 aromatic rings. The first-order valence-corrected chi connectivity index (χ1v) is 30.2. The lowest BCUT2D eigenvalue weighted by molar-refractivity contribution is 1.06. The van der Waals surface area contributed by atoms with Gasteiger partial charge in [0.2, 0.25) is 0 Å². The molecule has 412 valence electrons. The number of imidazole rings is 2. The lowest BCUT2D eigenvalue weighted by Gasteiger charge is -2.36. The van der Waals surface area contributed by atoms with Crippen molar-refractivity contribution in [2.45, 2.75) is 69.2 Å². The van der Waals surface area contributed by atoms with Crippen LogP contribution >= 0.6 is 0 Å². The van der Waals surface area contributed by atoms with Crippen LogP contribution in [0.25, 0.3) is 111 Å². The Morgan fingerprint density at radius 1 is 0.326 bits per heavy atom. The largest absolute Gasteiger partial charge is 0.310 e. The van der Waals surface area contributed by atoms with Crippen molar-refractivity contribution < 1.29 is 0 Å². The van der Waals surface area contributed by atoms with Gasteiger partial charge in [-0.2, -0.15) is 0 Å². The molecule has 2 aliphatic heterocycles. The van der Waals surface area contributed by atoms with Crippen LogP contribution in [0.4, 0.5) is 17.1 Å². The second kappa shape index (κ2) is 18.2. The third kappa shape index (κ3) is 6.81. The molecule has 2 aliphatic rings. The molecule has 0 atom stereocenters. The zero-order valence-corrected chi connectivity index (χ0v) is 50.2. The summed E-state index contributed by atoms with van der Waals surface area (Å²) in [6, 6.07) is 72.6. The van der Waals surface area contributed by atoms with Crippen molar-refractivity contribution in [3.63, 3.8) is 0 Å². The summed E-state index contributed by atoms with van der Waals surface area (Å²) in [7, 11) is 0. The summed E-state index contributed by atoms with van der Waals surface area (Å²) in [6.07, 6.45) is 0. The van der Waals surface area contributed by atoms with E-state index in [1.807, 2.05) is 0 Å². The number of anilines is 3. The molecule has 0 bridgehead atoms. The minimum Gasteiger partial charge on any atom is -0.310 e. The van der Waals surface area contributed by atoms with Crippen LogP contribution in [0.15, 0.2) is 194 Å². The Morgan fingerprint density at radius 2 is 0.698 bits per heavy atom. The number of hydrogen-bond donors (Lipinski definition) is 0. The highest BCUT2D eigenvalue weighted by atomic mass is 15.2. The fraction of sp³-hybridized carbons (Fsp3) is 0.128. The van der Waals surface area contributed by atoms with Gasteiger partial charge in [0.1, 0.15) is 22.7 Å². The van der Waals surface area contributed by atoms with Crippen LogP contribution in [0.2, 0.25) is 0 Å². The zero-order valence-electron chi connectivity index (χ0n) is 50.2. The zero-order chi connectivity index (χ0) is 58.3. The number of para-hydroxylation sites is 6. The maximum Gasteiger partial charge on any atom is 0.252 e. The Morgan fingerprint density at radius 3 is 1.09 bits per heavy atom. The molecule has 4 aromatic heterocycles. The van der Waals surface area contributed by atoms with Gasteiger partial charge >= 0.3 is 0 Å². The Balaban J connectivity index is 1.14. The molecule has 8 heteroatoms. The van der Waals surface area contributed by atoms with Crippen LogP contribution in [0.3, 0.4) is 0 Å². The van der Waals surface area contributed by atoms with Gasteiger partial charge in [-0.3, -0.25) is 9.13 Å². The van der Waals surface area contributed by atoms with Gasteiger partial charge in [-0.1, -0.05) is 157 Å². The standard InChI is InChI=1S/C78H62BN7/c1-43-35-49(7)66(50(8)36-43)77-80-69-73-58(56-31-17-19-33-62(56)83(73)71-45(3)23-21-24-46(71)4)41-60-75(69)85(77)64-39-55(82(53-27-13-11-14-28-53)54-29-15-12-16-30-54)40-65-68(64)79(60)61-42-59-57-32-18-20-34-63(57)84(72-47(5)25-22-26-48(72)6)74(59)70-76(61)86(65)78(81-70)67-51(9)37-44(2)38-52(67)10/h11-42H,1-10H3. The molecule has 0 fully saturated rings. The molecule has 17 rings (SSSR count). The number of rotatable bonds is 7. The maximum absolute atomic E-state index is 6.22. The minimum absolute atomic E-state index is 0.242. The monoisotopic (exact) mass is 1110 g/mol. The molecule has 11 aromatic carbocycles. The third-order valence-corrected chi connectivity index (χ3v) is 19.1. The molecular formula is C78H62BN7. The molecule has 86 heavy (non-hydrogen) atoms. The summed E-state index contributed by atoms with van der Waals surface area (Å²) in [5.41, 5.74) is 34.7. The Bertz CT molecular complexity index is 5060. The summed E-state index contributed by atoms with van der Waals surface area (Å²) in [6.45, 7) is 22.3. The number of benzene rings is 11. The maximum atomic E-state index is 6.22. The molecule has 0 aliphatic carbocycles. The van der Waals surface area contributed by atoms with Crippen molar-refractivity contribution in [3.05, 3.63) is 250 Å². The molecule has 0 amide bonds. The number of nitrogens with zero attached hydrogens (tertiary/aromatic N) is 7. The van der Waals surface area contributed by atoms with Gasteiger partial charge in [0.15, 0.2) is 0 Å². The SMILES string of the molecule is Cc1cc(C)c(-c2nc3c4c(cc5c6ccccc6n(-c6c(C)cccc6C)c53)B3c5c(cc(N(c6ccccc6)c6ccccc6)cc5-n5c(-c6c(C)cc(C)cc6C)nc6c5c3cc3c5ccccc5n(-c5c(C)cccc5C)c36)-n24)c(C)c1. The van der Waals surface area contributed by atoms with E-state index in [0.29, 0.717) is 0 Å². The van der Waals surface area contributed by atoms with Crippen molar-refractivity contribution in [1.82, 2.24) is 28.2 Å². The van der Waals surface area contributed by atoms with E-state index in [0.717, 1.165) is 95.3 Å². The van der Waals surface area contributed by atoms with E-state index in [4.69, 9.17) is 9.97 Å². The van der Waals surface area contributed by atoms with Crippen molar-refractivity contribution >= 4 is 106 Å². The Labute approximate surface area is 500 Å².